The third-order valence-corrected chi connectivity index (χ3v) is 4.42. The molecule has 0 bridgehead atoms. The number of aromatic hydroxyl groups is 2. The van der Waals surface area contributed by atoms with Crippen LogP contribution in [0.5, 0.6) is 17.2 Å². The second-order valence-electron chi connectivity index (χ2n) is 6.25. The van der Waals surface area contributed by atoms with E-state index >= 15 is 0 Å². The van der Waals surface area contributed by atoms with Gasteiger partial charge in [-0.2, -0.15) is 0 Å². The Kier molecular flexibility index (Phi) is 3.32. The first kappa shape index (κ1) is 15.3. The van der Waals surface area contributed by atoms with Crippen LogP contribution in [0.1, 0.15) is 12.5 Å². The van der Waals surface area contributed by atoms with Crippen LogP contribution in [0.3, 0.4) is 0 Å². The highest BCUT2D eigenvalue weighted by molar-refractivity contribution is 5.88. The molecule has 1 aliphatic rings. The van der Waals surface area contributed by atoms with Crippen molar-refractivity contribution in [3.63, 3.8) is 0 Å². The highest BCUT2D eigenvalue weighted by Gasteiger charge is 2.29. The molecule has 2 N–H and O–H groups in total. The Hall–Kier alpha value is -3.21. The van der Waals surface area contributed by atoms with Gasteiger partial charge in [0.05, 0.1) is 0 Å². The molecular weight excluding hydrogens is 320 g/mol. The van der Waals surface area contributed by atoms with Crippen molar-refractivity contribution in [1.82, 2.24) is 0 Å². The van der Waals surface area contributed by atoms with E-state index in [1.165, 1.54) is 18.2 Å². The number of rotatable bonds is 2. The molecular formula is C20H16O5. The van der Waals surface area contributed by atoms with Crippen LogP contribution in [0, 0.1) is 0 Å². The van der Waals surface area contributed by atoms with Crippen LogP contribution in [0.15, 0.2) is 57.8 Å². The molecule has 1 atom stereocenters. The Bertz CT molecular complexity index is 1060. The molecule has 0 saturated carbocycles. The van der Waals surface area contributed by atoms with Gasteiger partial charge in [-0.1, -0.05) is 6.58 Å². The van der Waals surface area contributed by atoms with E-state index in [4.69, 9.17) is 9.15 Å². The molecule has 2 heterocycles. The average Bonchev–Trinajstić information content (AvgIpc) is 3.00. The summed E-state index contributed by atoms with van der Waals surface area (Å²) in [5.74, 6) is 0.888. The van der Waals surface area contributed by atoms with Gasteiger partial charge in [0.2, 0.25) is 0 Å². The van der Waals surface area contributed by atoms with Crippen molar-refractivity contribution in [2.75, 3.05) is 0 Å². The van der Waals surface area contributed by atoms with Gasteiger partial charge in [0.25, 0.3) is 0 Å². The van der Waals surface area contributed by atoms with Crippen molar-refractivity contribution in [2.24, 2.45) is 0 Å². The minimum atomic E-state index is -0.330. The van der Waals surface area contributed by atoms with Crippen LogP contribution >= 0.6 is 0 Å². The van der Waals surface area contributed by atoms with Crippen LogP contribution in [0.4, 0.5) is 0 Å². The smallest absolute Gasteiger partial charge is 0.197 e. The molecule has 0 amide bonds. The van der Waals surface area contributed by atoms with Crippen molar-refractivity contribution < 1.29 is 19.4 Å². The minimum absolute atomic E-state index is 0.0951. The molecule has 2 aromatic carbocycles. The molecule has 0 aliphatic carbocycles. The number of ether oxygens (including phenoxy) is 1. The molecule has 1 aliphatic heterocycles. The van der Waals surface area contributed by atoms with E-state index in [0.29, 0.717) is 29.1 Å². The Balaban J connectivity index is 1.91. The predicted molar refractivity (Wildman–Crippen MR) is 94.2 cm³/mol. The summed E-state index contributed by atoms with van der Waals surface area (Å²) in [5, 5.41) is 20.1. The zero-order valence-electron chi connectivity index (χ0n) is 13.6. The van der Waals surface area contributed by atoms with E-state index in [2.05, 4.69) is 6.58 Å². The van der Waals surface area contributed by atoms with Crippen molar-refractivity contribution in [3.8, 4) is 28.6 Å². The lowest BCUT2D eigenvalue weighted by Gasteiger charge is -2.09. The third kappa shape index (κ3) is 2.45. The number of benzene rings is 2. The van der Waals surface area contributed by atoms with E-state index in [1.54, 1.807) is 18.2 Å². The maximum atomic E-state index is 12.5. The van der Waals surface area contributed by atoms with Crippen molar-refractivity contribution in [3.05, 3.63) is 64.3 Å². The van der Waals surface area contributed by atoms with E-state index in [0.717, 1.165) is 5.57 Å². The highest BCUT2D eigenvalue weighted by Crippen LogP contribution is 2.42. The van der Waals surface area contributed by atoms with E-state index in [-0.39, 0.29) is 34.0 Å². The number of fused-ring (bicyclic) bond motifs is 2. The SMILES string of the molecule is C=C(C)[C@H]1Cc2c(cc3oc(-c4ccc(O)cc4)cc(=O)c3c2O)O1. The zero-order chi connectivity index (χ0) is 17.7. The Morgan fingerprint density at radius 2 is 1.92 bits per heavy atom. The van der Waals surface area contributed by atoms with Crippen LogP contribution in [0.2, 0.25) is 0 Å². The van der Waals surface area contributed by atoms with Crippen molar-refractivity contribution >= 4 is 11.0 Å². The lowest BCUT2D eigenvalue weighted by Crippen LogP contribution is -2.13. The maximum absolute atomic E-state index is 12.5. The van der Waals surface area contributed by atoms with Gasteiger partial charge in [-0.15, -0.1) is 0 Å². The zero-order valence-corrected chi connectivity index (χ0v) is 13.6. The van der Waals surface area contributed by atoms with Crippen LogP contribution in [0.25, 0.3) is 22.3 Å². The molecule has 1 aromatic heterocycles. The maximum Gasteiger partial charge on any atom is 0.197 e. The lowest BCUT2D eigenvalue weighted by atomic mass is 10.0. The first-order valence-electron chi connectivity index (χ1n) is 7.88. The molecule has 126 valence electrons. The third-order valence-electron chi connectivity index (χ3n) is 4.42. The fraction of sp³-hybridized carbons (Fsp3) is 0.150. The summed E-state index contributed by atoms with van der Waals surface area (Å²) in [6, 6.07) is 9.31. The first-order valence-corrected chi connectivity index (χ1v) is 7.88. The van der Waals surface area contributed by atoms with Gasteiger partial charge in [-0.05, 0) is 36.8 Å². The summed E-state index contributed by atoms with van der Waals surface area (Å²) >= 11 is 0. The quantitative estimate of drug-likeness (QED) is 0.697. The fourth-order valence-corrected chi connectivity index (χ4v) is 3.05. The highest BCUT2D eigenvalue weighted by atomic mass is 16.5. The average molecular weight is 336 g/mol. The van der Waals surface area contributed by atoms with Crippen molar-refractivity contribution in [2.45, 2.75) is 19.4 Å². The molecule has 0 unspecified atom stereocenters. The summed E-state index contributed by atoms with van der Waals surface area (Å²) in [4.78, 5) is 12.5. The predicted octanol–water partition coefficient (Wildman–Crippen LogP) is 3.75. The topological polar surface area (TPSA) is 79.9 Å². The number of phenolic OH excluding ortho intramolecular Hbond substituents is 2. The molecule has 25 heavy (non-hydrogen) atoms. The second kappa shape index (κ2) is 5.41. The summed E-state index contributed by atoms with van der Waals surface area (Å²) in [6.45, 7) is 5.75. The summed E-state index contributed by atoms with van der Waals surface area (Å²) in [5.41, 5.74) is 2.03. The standard InChI is InChI=1S/C20H16O5/c1-10(2)15-7-13-17(24-15)9-18-19(20(13)23)14(22)8-16(25-18)11-3-5-12(21)6-4-11/h3-6,8-9,15,21,23H,1,7H2,2H3/t15-/m1/s1. The Morgan fingerprint density at radius 1 is 1.20 bits per heavy atom. The largest absolute Gasteiger partial charge is 0.508 e. The second-order valence-corrected chi connectivity index (χ2v) is 6.25. The van der Waals surface area contributed by atoms with Gasteiger partial charge in [-0.3, -0.25) is 4.79 Å². The molecule has 0 spiro atoms. The van der Waals surface area contributed by atoms with Gasteiger partial charge in [-0.25, -0.2) is 0 Å². The molecule has 0 saturated heterocycles. The van der Waals surface area contributed by atoms with Crippen LogP contribution in [-0.2, 0) is 6.42 Å². The van der Waals surface area contributed by atoms with Crippen LogP contribution in [-0.4, -0.2) is 16.3 Å². The molecule has 0 fully saturated rings. The molecule has 5 nitrogen and oxygen atoms in total. The fourth-order valence-electron chi connectivity index (χ4n) is 3.05. The summed E-state index contributed by atoms with van der Waals surface area (Å²) in [6.07, 6.45) is 0.260. The van der Waals surface area contributed by atoms with E-state index in [9.17, 15) is 15.0 Å². The Labute approximate surface area is 143 Å². The number of hydrogen-bond acceptors (Lipinski definition) is 5. The normalized spacial score (nSPS) is 15.8. The van der Waals surface area contributed by atoms with Gasteiger partial charge in [0.1, 0.15) is 40.1 Å². The molecule has 5 heteroatoms. The summed E-state index contributed by atoms with van der Waals surface area (Å²) < 4.78 is 11.6. The number of phenols is 2. The molecule has 0 radical (unpaired) electrons. The van der Waals surface area contributed by atoms with Gasteiger partial charge in [0.15, 0.2) is 5.43 Å². The van der Waals surface area contributed by atoms with E-state index in [1.807, 2.05) is 6.92 Å². The van der Waals surface area contributed by atoms with Crippen LogP contribution < -0.4 is 10.2 Å². The summed E-state index contributed by atoms with van der Waals surface area (Å²) in [7, 11) is 0. The number of hydrogen-bond donors (Lipinski definition) is 2. The van der Waals surface area contributed by atoms with Gasteiger partial charge < -0.3 is 19.4 Å². The Morgan fingerprint density at radius 3 is 2.60 bits per heavy atom. The van der Waals surface area contributed by atoms with E-state index < -0.39 is 0 Å². The first-order chi connectivity index (χ1) is 11.9. The molecule has 4 rings (SSSR count). The molecule has 3 aromatic rings. The lowest BCUT2D eigenvalue weighted by molar-refractivity contribution is 0.271. The van der Waals surface area contributed by atoms with Crippen molar-refractivity contribution in [1.29, 1.82) is 0 Å². The monoisotopic (exact) mass is 336 g/mol. The van der Waals surface area contributed by atoms with Gasteiger partial charge >= 0.3 is 0 Å². The minimum Gasteiger partial charge on any atom is -0.508 e. The van der Waals surface area contributed by atoms with Gasteiger partial charge in [0, 0.05) is 29.7 Å².